The molecule has 37 heavy (non-hydrogen) atoms. The van der Waals surface area contributed by atoms with Gasteiger partial charge < -0.3 is 9.80 Å². The van der Waals surface area contributed by atoms with E-state index in [2.05, 4.69) is 44.0 Å². The summed E-state index contributed by atoms with van der Waals surface area (Å²) in [5, 5.41) is 9.38. The summed E-state index contributed by atoms with van der Waals surface area (Å²) in [6, 6.07) is 9.62. The molecule has 3 aromatic rings. The molecule has 0 N–H and O–H groups in total. The van der Waals surface area contributed by atoms with Gasteiger partial charge in [-0.1, -0.05) is 11.6 Å². The molecule has 1 aliphatic carbocycles. The number of alkyl halides is 3. The van der Waals surface area contributed by atoms with Gasteiger partial charge in [0.15, 0.2) is 5.82 Å². The zero-order valence-electron chi connectivity index (χ0n) is 20.7. The molecule has 0 unspecified atom stereocenters. The van der Waals surface area contributed by atoms with Crippen LogP contribution in [0.1, 0.15) is 35.5 Å². The summed E-state index contributed by atoms with van der Waals surface area (Å²) < 4.78 is 44.1. The fourth-order valence-corrected chi connectivity index (χ4v) is 6.60. The highest BCUT2D eigenvalue weighted by Crippen LogP contribution is 2.55. The lowest BCUT2D eigenvalue weighted by Crippen LogP contribution is -2.73. The Labute approximate surface area is 217 Å². The minimum atomic E-state index is -4.30. The number of rotatable bonds is 3. The van der Waals surface area contributed by atoms with Crippen molar-refractivity contribution in [3.8, 4) is 5.69 Å². The predicted molar refractivity (Wildman–Crippen MR) is 134 cm³/mol. The number of fused-ring (bicyclic) bond motifs is 3. The second kappa shape index (κ2) is 7.60. The summed E-state index contributed by atoms with van der Waals surface area (Å²) in [5.41, 5.74) is 2.15. The van der Waals surface area contributed by atoms with E-state index in [1.54, 1.807) is 12.1 Å². The van der Waals surface area contributed by atoms with E-state index in [0.29, 0.717) is 16.8 Å². The number of nitrogens with zero attached hydrogens (tertiary/aromatic N) is 7. The van der Waals surface area contributed by atoms with Crippen LogP contribution in [-0.4, -0.2) is 62.5 Å². The van der Waals surface area contributed by atoms with Crippen molar-refractivity contribution in [3.63, 3.8) is 0 Å². The lowest BCUT2D eigenvalue weighted by Gasteiger charge is -2.60. The third kappa shape index (κ3) is 3.55. The van der Waals surface area contributed by atoms with Crippen molar-refractivity contribution in [2.45, 2.75) is 51.5 Å². The molecule has 7 rings (SSSR count). The van der Waals surface area contributed by atoms with Gasteiger partial charge in [-0.25, -0.2) is 4.98 Å². The van der Waals surface area contributed by atoms with Crippen molar-refractivity contribution in [2.75, 3.05) is 36.0 Å². The van der Waals surface area contributed by atoms with Crippen LogP contribution in [0, 0.1) is 19.3 Å². The number of hydrogen-bond donors (Lipinski definition) is 0. The van der Waals surface area contributed by atoms with E-state index >= 15 is 0 Å². The molecular weight excluding hydrogens is 503 g/mol. The Morgan fingerprint density at radius 1 is 0.919 bits per heavy atom. The summed E-state index contributed by atoms with van der Waals surface area (Å²) in [7, 11) is 0. The maximum absolute atomic E-state index is 14.0. The van der Waals surface area contributed by atoms with Gasteiger partial charge >= 0.3 is 6.18 Å². The molecule has 5 heterocycles. The average molecular weight is 530 g/mol. The molecule has 1 aromatic carbocycles. The molecular formula is C26H27ClF3N7. The summed E-state index contributed by atoms with van der Waals surface area (Å²) in [5.74, 6) is 2.23. The summed E-state index contributed by atoms with van der Waals surface area (Å²) in [4.78, 5) is 10.7. The Morgan fingerprint density at radius 2 is 1.65 bits per heavy atom. The molecule has 0 bridgehead atoms. The standard InChI is InChI=1S/C26H27ClF3N7/c1-16-7-17(2)31-21(8-16)34-12-24(13-34)14-35(15-24)23-33-32-22-11-36(25(5-6-25)26(28,29)30)10-18-9-19(27)3-4-20(18)37(22)23/h3-4,7-9H,5-6,10-15H2,1-2H3. The molecule has 2 aromatic heterocycles. The molecule has 2 saturated heterocycles. The second-order valence-electron chi connectivity index (χ2n) is 11.3. The highest BCUT2D eigenvalue weighted by atomic mass is 35.5. The van der Waals surface area contributed by atoms with Crippen molar-refractivity contribution >= 4 is 23.4 Å². The number of hydrogen-bond acceptors (Lipinski definition) is 6. The van der Waals surface area contributed by atoms with Crippen LogP contribution in [0.3, 0.4) is 0 Å². The number of halogens is 4. The van der Waals surface area contributed by atoms with E-state index in [-0.39, 0.29) is 31.3 Å². The van der Waals surface area contributed by atoms with Crippen molar-refractivity contribution in [1.29, 1.82) is 0 Å². The Balaban J connectivity index is 1.16. The van der Waals surface area contributed by atoms with Gasteiger partial charge in [0.25, 0.3) is 0 Å². The van der Waals surface area contributed by atoms with E-state index in [4.69, 9.17) is 11.6 Å². The quantitative estimate of drug-likeness (QED) is 0.491. The van der Waals surface area contributed by atoms with E-state index in [1.165, 1.54) is 10.5 Å². The van der Waals surface area contributed by atoms with Gasteiger partial charge in [-0.05, 0) is 68.1 Å². The summed E-state index contributed by atoms with van der Waals surface area (Å²) >= 11 is 6.29. The molecule has 1 saturated carbocycles. The minimum absolute atomic E-state index is 0.0873. The Hall–Kier alpha value is -2.85. The average Bonchev–Trinajstić information content (AvgIpc) is 3.51. The van der Waals surface area contributed by atoms with E-state index in [9.17, 15) is 13.2 Å². The van der Waals surface area contributed by atoms with Crippen LogP contribution in [0.25, 0.3) is 5.69 Å². The summed E-state index contributed by atoms with van der Waals surface area (Å²) in [6.45, 7) is 7.85. The van der Waals surface area contributed by atoms with Gasteiger partial charge in [0.05, 0.1) is 12.2 Å². The van der Waals surface area contributed by atoms with Gasteiger partial charge in [0.2, 0.25) is 5.95 Å². The van der Waals surface area contributed by atoms with Crippen LogP contribution >= 0.6 is 11.6 Å². The van der Waals surface area contributed by atoms with Gasteiger partial charge in [0, 0.05) is 48.9 Å². The second-order valence-corrected chi connectivity index (χ2v) is 11.7. The maximum atomic E-state index is 14.0. The van der Waals surface area contributed by atoms with Gasteiger partial charge in [-0.2, -0.15) is 13.2 Å². The first kappa shape index (κ1) is 23.3. The topological polar surface area (TPSA) is 53.3 Å². The number of benzene rings is 1. The van der Waals surface area contributed by atoms with Gasteiger partial charge in [-0.3, -0.25) is 9.47 Å². The maximum Gasteiger partial charge on any atom is 0.406 e. The zero-order chi connectivity index (χ0) is 25.7. The largest absolute Gasteiger partial charge is 0.406 e. The highest BCUT2D eigenvalue weighted by Gasteiger charge is 2.67. The summed E-state index contributed by atoms with van der Waals surface area (Å²) in [6.07, 6.45) is -4.09. The molecule has 7 nitrogen and oxygen atoms in total. The molecule has 11 heteroatoms. The van der Waals surface area contributed by atoms with Crippen LogP contribution in [0.2, 0.25) is 5.02 Å². The van der Waals surface area contributed by atoms with E-state index in [1.807, 2.05) is 17.6 Å². The van der Waals surface area contributed by atoms with Crippen molar-refractivity contribution in [2.24, 2.45) is 5.41 Å². The monoisotopic (exact) mass is 529 g/mol. The highest BCUT2D eigenvalue weighted by molar-refractivity contribution is 6.30. The van der Waals surface area contributed by atoms with Crippen LogP contribution in [0.5, 0.6) is 0 Å². The molecule has 0 radical (unpaired) electrons. The Kier molecular flexibility index (Phi) is 4.78. The van der Waals surface area contributed by atoms with Gasteiger partial charge in [0.1, 0.15) is 11.4 Å². The Bertz CT molecular complexity index is 1380. The molecule has 1 spiro atoms. The number of anilines is 2. The molecule has 4 aliphatic rings. The smallest absolute Gasteiger partial charge is 0.355 e. The van der Waals surface area contributed by atoms with Crippen molar-refractivity contribution < 1.29 is 13.2 Å². The predicted octanol–water partition coefficient (Wildman–Crippen LogP) is 4.67. The molecule has 0 amide bonds. The fraction of sp³-hybridized carbons (Fsp3) is 0.500. The lowest BCUT2D eigenvalue weighted by atomic mass is 9.73. The van der Waals surface area contributed by atoms with Crippen LogP contribution in [0.4, 0.5) is 24.9 Å². The van der Waals surface area contributed by atoms with Crippen LogP contribution in [0.15, 0.2) is 30.3 Å². The van der Waals surface area contributed by atoms with Crippen LogP contribution < -0.4 is 9.80 Å². The SMILES string of the molecule is Cc1cc(C)nc(N2CC3(C2)CN(c2nnc4n2-c2ccc(Cl)cc2CN(C2(C(F)(F)F)CC2)C4)C3)c1. The molecule has 0 atom stereocenters. The number of pyridine rings is 1. The van der Waals surface area contributed by atoms with E-state index in [0.717, 1.165) is 48.9 Å². The Morgan fingerprint density at radius 3 is 2.32 bits per heavy atom. The molecule has 3 fully saturated rings. The fourth-order valence-electron chi connectivity index (χ4n) is 6.40. The molecule has 3 aliphatic heterocycles. The normalized spacial score (nSPS) is 21.7. The first-order chi connectivity index (χ1) is 17.6. The lowest BCUT2D eigenvalue weighted by molar-refractivity contribution is -0.200. The first-order valence-corrected chi connectivity index (χ1v) is 12.9. The van der Waals surface area contributed by atoms with Gasteiger partial charge in [-0.15, -0.1) is 10.2 Å². The first-order valence-electron chi connectivity index (χ1n) is 12.6. The van der Waals surface area contributed by atoms with Crippen molar-refractivity contribution in [1.82, 2.24) is 24.6 Å². The number of aromatic nitrogens is 4. The third-order valence-corrected chi connectivity index (χ3v) is 8.58. The molecule has 194 valence electrons. The van der Waals surface area contributed by atoms with Crippen LogP contribution in [-0.2, 0) is 13.1 Å². The zero-order valence-corrected chi connectivity index (χ0v) is 21.4. The number of aryl methyl sites for hydroxylation is 2. The third-order valence-electron chi connectivity index (χ3n) is 8.34. The van der Waals surface area contributed by atoms with E-state index < -0.39 is 11.7 Å². The van der Waals surface area contributed by atoms with Crippen molar-refractivity contribution in [3.05, 3.63) is 58.0 Å². The minimum Gasteiger partial charge on any atom is -0.355 e.